The highest BCUT2D eigenvalue weighted by molar-refractivity contribution is 7.99. The Bertz CT molecular complexity index is 622. The van der Waals surface area contributed by atoms with E-state index in [-0.39, 0.29) is 0 Å². The SMILES string of the molecule is c1ccc2c(c1)Nc1c(ccc3c1CCCN3)S2. The van der Waals surface area contributed by atoms with Gasteiger partial charge in [0, 0.05) is 22.0 Å². The zero-order chi connectivity index (χ0) is 11.9. The predicted octanol–water partition coefficient (Wildman–Crippen LogP) is 4.25. The third-order valence-corrected chi connectivity index (χ3v) is 4.70. The van der Waals surface area contributed by atoms with Gasteiger partial charge in [-0.15, -0.1) is 0 Å². The smallest absolute Gasteiger partial charge is 0.0579 e. The summed E-state index contributed by atoms with van der Waals surface area (Å²) in [6.45, 7) is 1.09. The molecule has 2 aliphatic heterocycles. The van der Waals surface area contributed by atoms with Crippen LogP contribution in [0.3, 0.4) is 0 Å². The zero-order valence-electron chi connectivity index (χ0n) is 9.99. The summed E-state index contributed by atoms with van der Waals surface area (Å²) < 4.78 is 0. The first-order valence-electron chi connectivity index (χ1n) is 6.35. The second-order valence-electron chi connectivity index (χ2n) is 4.72. The summed E-state index contributed by atoms with van der Waals surface area (Å²) in [6.07, 6.45) is 2.39. The van der Waals surface area contributed by atoms with Crippen molar-refractivity contribution in [1.29, 1.82) is 0 Å². The van der Waals surface area contributed by atoms with E-state index < -0.39 is 0 Å². The minimum absolute atomic E-state index is 1.09. The van der Waals surface area contributed by atoms with Gasteiger partial charge in [0.1, 0.15) is 0 Å². The number of para-hydroxylation sites is 1. The molecule has 2 nitrogen and oxygen atoms in total. The van der Waals surface area contributed by atoms with Crippen molar-refractivity contribution in [3.8, 4) is 0 Å². The summed E-state index contributed by atoms with van der Waals surface area (Å²) in [5.74, 6) is 0. The highest BCUT2D eigenvalue weighted by Gasteiger charge is 2.21. The quantitative estimate of drug-likeness (QED) is 0.627. The van der Waals surface area contributed by atoms with Crippen LogP contribution >= 0.6 is 11.8 Å². The third kappa shape index (κ3) is 1.51. The van der Waals surface area contributed by atoms with E-state index in [9.17, 15) is 0 Å². The molecule has 0 spiro atoms. The molecule has 0 bridgehead atoms. The maximum absolute atomic E-state index is 3.61. The molecule has 0 amide bonds. The average molecular weight is 254 g/mol. The fourth-order valence-electron chi connectivity index (χ4n) is 2.67. The number of nitrogens with one attached hydrogen (secondary N) is 2. The fourth-order valence-corrected chi connectivity index (χ4v) is 3.70. The Labute approximate surface area is 111 Å². The Morgan fingerprint density at radius 1 is 0.944 bits per heavy atom. The molecule has 2 aromatic carbocycles. The van der Waals surface area contributed by atoms with Gasteiger partial charge in [-0.25, -0.2) is 0 Å². The van der Waals surface area contributed by atoms with Crippen molar-refractivity contribution in [3.05, 3.63) is 42.0 Å². The van der Waals surface area contributed by atoms with Crippen LogP contribution in [0, 0.1) is 0 Å². The molecule has 0 aliphatic carbocycles. The highest BCUT2D eigenvalue weighted by Crippen LogP contribution is 2.47. The lowest BCUT2D eigenvalue weighted by atomic mass is 10.0. The molecule has 18 heavy (non-hydrogen) atoms. The Kier molecular flexibility index (Phi) is 2.27. The van der Waals surface area contributed by atoms with E-state index in [0.717, 1.165) is 6.54 Å². The van der Waals surface area contributed by atoms with Crippen LogP contribution in [0.4, 0.5) is 17.1 Å². The highest BCUT2D eigenvalue weighted by atomic mass is 32.2. The lowest BCUT2D eigenvalue weighted by Gasteiger charge is -2.27. The van der Waals surface area contributed by atoms with Gasteiger partial charge in [-0.05, 0) is 42.7 Å². The summed E-state index contributed by atoms with van der Waals surface area (Å²) in [5.41, 5.74) is 5.28. The standard InChI is InChI=1S/C15H14N2S/c1-2-6-13-12(5-1)17-15-10-4-3-9-16-11(10)7-8-14(15)18-13/h1-2,5-8,16-17H,3-4,9H2. The first-order valence-corrected chi connectivity index (χ1v) is 7.17. The summed E-state index contributed by atoms with van der Waals surface area (Å²) in [5, 5.41) is 7.10. The molecular formula is C15H14N2S. The lowest BCUT2D eigenvalue weighted by molar-refractivity contribution is 0.829. The van der Waals surface area contributed by atoms with Gasteiger partial charge in [0.2, 0.25) is 0 Å². The molecule has 2 heterocycles. The summed E-state index contributed by atoms with van der Waals surface area (Å²) in [6, 6.07) is 13.0. The molecule has 0 unspecified atom stereocenters. The Morgan fingerprint density at radius 2 is 1.89 bits per heavy atom. The van der Waals surface area contributed by atoms with E-state index in [1.165, 1.54) is 45.3 Å². The second-order valence-corrected chi connectivity index (χ2v) is 5.80. The van der Waals surface area contributed by atoms with E-state index in [4.69, 9.17) is 0 Å². The van der Waals surface area contributed by atoms with Crippen LogP contribution in [-0.2, 0) is 6.42 Å². The topological polar surface area (TPSA) is 24.1 Å². The first kappa shape index (κ1) is 10.3. The van der Waals surface area contributed by atoms with Crippen molar-refractivity contribution < 1.29 is 0 Å². The number of anilines is 3. The maximum Gasteiger partial charge on any atom is 0.0579 e. The van der Waals surface area contributed by atoms with Crippen molar-refractivity contribution in [2.75, 3.05) is 17.2 Å². The first-order chi connectivity index (χ1) is 8.92. The minimum atomic E-state index is 1.09. The number of benzene rings is 2. The third-order valence-electron chi connectivity index (χ3n) is 3.56. The van der Waals surface area contributed by atoms with Crippen LogP contribution in [-0.4, -0.2) is 6.54 Å². The second kappa shape index (κ2) is 3.95. The molecule has 0 atom stereocenters. The average Bonchev–Trinajstić information content (AvgIpc) is 2.45. The Hall–Kier alpha value is -1.61. The van der Waals surface area contributed by atoms with Crippen molar-refractivity contribution in [2.45, 2.75) is 22.6 Å². The Balaban J connectivity index is 1.86. The van der Waals surface area contributed by atoms with Crippen LogP contribution in [0.1, 0.15) is 12.0 Å². The van der Waals surface area contributed by atoms with E-state index in [2.05, 4.69) is 47.0 Å². The van der Waals surface area contributed by atoms with Crippen molar-refractivity contribution in [2.24, 2.45) is 0 Å². The van der Waals surface area contributed by atoms with Gasteiger partial charge in [-0.1, -0.05) is 23.9 Å². The predicted molar refractivity (Wildman–Crippen MR) is 77.1 cm³/mol. The van der Waals surface area contributed by atoms with Crippen LogP contribution in [0.25, 0.3) is 0 Å². The Morgan fingerprint density at radius 3 is 2.89 bits per heavy atom. The number of hydrogen-bond donors (Lipinski definition) is 2. The van der Waals surface area contributed by atoms with Crippen LogP contribution in [0.15, 0.2) is 46.2 Å². The van der Waals surface area contributed by atoms with E-state index in [1.54, 1.807) is 0 Å². The largest absolute Gasteiger partial charge is 0.385 e. The van der Waals surface area contributed by atoms with Crippen LogP contribution in [0.5, 0.6) is 0 Å². The molecule has 2 aromatic rings. The van der Waals surface area contributed by atoms with Gasteiger partial charge < -0.3 is 10.6 Å². The van der Waals surface area contributed by atoms with Crippen LogP contribution in [0.2, 0.25) is 0 Å². The maximum atomic E-state index is 3.61. The van der Waals surface area contributed by atoms with E-state index in [1.807, 2.05) is 11.8 Å². The van der Waals surface area contributed by atoms with Crippen molar-refractivity contribution in [3.63, 3.8) is 0 Å². The normalized spacial score (nSPS) is 15.8. The molecule has 90 valence electrons. The van der Waals surface area contributed by atoms with Crippen LogP contribution < -0.4 is 10.6 Å². The van der Waals surface area contributed by atoms with Gasteiger partial charge in [-0.2, -0.15) is 0 Å². The summed E-state index contributed by atoms with van der Waals surface area (Å²) >= 11 is 1.87. The van der Waals surface area contributed by atoms with Gasteiger partial charge >= 0.3 is 0 Å². The molecule has 3 heteroatoms. The molecular weight excluding hydrogens is 240 g/mol. The van der Waals surface area contributed by atoms with Gasteiger partial charge in [0.25, 0.3) is 0 Å². The molecule has 0 fully saturated rings. The molecule has 4 rings (SSSR count). The van der Waals surface area contributed by atoms with Crippen molar-refractivity contribution >= 4 is 28.8 Å². The zero-order valence-corrected chi connectivity index (χ0v) is 10.8. The fraction of sp³-hybridized carbons (Fsp3) is 0.200. The lowest BCUT2D eigenvalue weighted by Crippen LogP contribution is -2.14. The van der Waals surface area contributed by atoms with Crippen molar-refractivity contribution in [1.82, 2.24) is 0 Å². The van der Waals surface area contributed by atoms with E-state index >= 15 is 0 Å². The molecule has 0 saturated carbocycles. The molecule has 0 aromatic heterocycles. The molecule has 2 N–H and O–H groups in total. The summed E-state index contributed by atoms with van der Waals surface area (Å²) in [7, 11) is 0. The molecule has 2 aliphatic rings. The van der Waals surface area contributed by atoms with E-state index in [0.29, 0.717) is 0 Å². The number of hydrogen-bond acceptors (Lipinski definition) is 3. The number of rotatable bonds is 0. The molecule has 0 radical (unpaired) electrons. The number of fused-ring (bicyclic) bond motifs is 4. The van der Waals surface area contributed by atoms with Gasteiger partial charge in [0.15, 0.2) is 0 Å². The minimum Gasteiger partial charge on any atom is -0.385 e. The van der Waals surface area contributed by atoms with Gasteiger partial charge in [0.05, 0.1) is 11.4 Å². The van der Waals surface area contributed by atoms with Gasteiger partial charge in [-0.3, -0.25) is 0 Å². The molecule has 0 saturated heterocycles. The summed E-state index contributed by atoms with van der Waals surface area (Å²) in [4.78, 5) is 2.66. The monoisotopic (exact) mass is 254 g/mol.